The van der Waals surface area contributed by atoms with Crippen molar-refractivity contribution >= 4 is 23.2 Å². The Balaban J connectivity index is 1.36. The third-order valence-corrected chi connectivity index (χ3v) is 7.49. The molecule has 0 radical (unpaired) electrons. The van der Waals surface area contributed by atoms with Crippen LogP contribution in [0.4, 0.5) is 11.4 Å². The first-order valence-electron chi connectivity index (χ1n) is 13.7. The van der Waals surface area contributed by atoms with Gasteiger partial charge in [0.1, 0.15) is 0 Å². The van der Waals surface area contributed by atoms with Crippen LogP contribution in [0.25, 0.3) is 0 Å². The Morgan fingerprint density at radius 1 is 0.816 bits per heavy atom. The molecule has 0 saturated carbocycles. The lowest BCUT2D eigenvalue weighted by Crippen LogP contribution is -2.48. The van der Waals surface area contributed by atoms with E-state index in [1.165, 1.54) is 11.1 Å². The largest absolute Gasteiger partial charge is 0.367 e. The Morgan fingerprint density at radius 3 is 2.00 bits per heavy atom. The first-order chi connectivity index (χ1) is 18.6. The van der Waals surface area contributed by atoms with Crippen LogP contribution in [0.2, 0.25) is 0 Å². The number of nitrogens with one attached hydrogen (secondary N) is 2. The van der Waals surface area contributed by atoms with Gasteiger partial charge in [0.2, 0.25) is 5.91 Å². The van der Waals surface area contributed by atoms with Crippen molar-refractivity contribution in [3.8, 4) is 0 Å². The number of carbonyl (C=O) groups is 2. The van der Waals surface area contributed by atoms with Gasteiger partial charge in [0.05, 0.1) is 17.4 Å². The molecule has 2 amide bonds. The number of nitrogens with zero attached hydrogens (tertiary/aromatic N) is 3. The average molecular weight is 512 g/mol. The summed E-state index contributed by atoms with van der Waals surface area (Å²) in [7, 11) is 0. The molecule has 0 atom stereocenters. The van der Waals surface area contributed by atoms with E-state index in [0.717, 1.165) is 45.0 Å². The number of hydrogen-bond donors (Lipinski definition) is 2. The van der Waals surface area contributed by atoms with E-state index in [1.54, 1.807) is 0 Å². The van der Waals surface area contributed by atoms with Crippen molar-refractivity contribution in [2.75, 3.05) is 62.6 Å². The second-order valence-corrected chi connectivity index (χ2v) is 9.92. The molecule has 7 nitrogen and oxygen atoms in total. The minimum Gasteiger partial charge on any atom is -0.367 e. The van der Waals surface area contributed by atoms with Crippen molar-refractivity contribution in [1.82, 2.24) is 15.1 Å². The zero-order valence-corrected chi connectivity index (χ0v) is 22.1. The Bertz CT molecular complexity index is 1180. The van der Waals surface area contributed by atoms with Gasteiger partial charge in [-0.1, -0.05) is 67.6 Å². The monoisotopic (exact) mass is 511 g/mol. The van der Waals surface area contributed by atoms with E-state index < -0.39 is 0 Å². The molecule has 0 unspecified atom stereocenters. The third-order valence-electron chi connectivity index (χ3n) is 7.49. The highest BCUT2D eigenvalue weighted by atomic mass is 16.2. The van der Waals surface area contributed by atoms with Crippen LogP contribution in [-0.4, -0.2) is 74.0 Å². The molecule has 2 N–H and O–H groups in total. The van der Waals surface area contributed by atoms with Crippen molar-refractivity contribution in [3.05, 3.63) is 95.6 Å². The fourth-order valence-corrected chi connectivity index (χ4v) is 5.44. The zero-order chi connectivity index (χ0) is 26.3. The Labute approximate surface area is 225 Å². The molecule has 0 aliphatic carbocycles. The second kappa shape index (κ2) is 12.2. The average Bonchev–Trinajstić information content (AvgIpc) is 2.99. The predicted molar refractivity (Wildman–Crippen MR) is 153 cm³/mol. The fraction of sp³-hybridized carbons (Fsp3) is 0.355. The SMILES string of the molecule is CCC(=O)Nc1cc(C(=O)N2CCNCC2)ccc1N1CCN(C(c2ccccc2)c2ccccc2)CC1. The number of hydrogen-bond acceptors (Lipinski definition) is 5. The van der Waals surface area contributed by atoms with Crippen molar-refractivity contribution in [2.24, 2.45) is 0 Å². The smallest absolute Gasteiger partial charge is 0.254 e. The lowest BCUT2D eigenvalue weighted by Gasteiger charge is -2.41. The molecular formula is C31H37N5O2. The van der Waals surface area contributed by atoms with E-state index in [4.69, 9.17) is 0 Å². The van der Waals surface area contributed by atoms with Crippen LogP contribution in [0, 0.1) is 0 Å². The van der Waals surface area contributed by atoms with Gasteiger partial charge in [-0.3, -0.25) is 14.5 Å². The van der Waals surface area contributed by atoms with Crippen LogP contribution < -0.4 is 15.5 Å². The first kappa shape index (κ1) is 25.9. The van der Waals surface area contributed by atoms with Crippen molar-refractivity contribution in [3.63, 3.8) is 0 Å². The number of amides is 2. The van der Waals surface area contributed by atoms with Gasteiger partial charge < -0.3 is 20.4 Å². The van der Waals surface area contributed by atoms with Crippen molar-refractivity contribution in [1.29, 1.82) is 0 Å². The molecule has 2 saturated heterocycles. The van der Waals surface area contributed by atoms with Gasteiger partial charge in [0.15, 0.2) is 0 Å². The van der Waals surface area contributed by atoms with Crippen LogP contribution in [0.1, 0.15) is 40.9 Å². The summed E-state index contributed by atoms with van der Waals surface area (Å²) in [5.74, 6) is -0.0340. The summed E-state index contributed by atoms with van der Waals surface area (Å²) >= 11 is 0. The van der Waals surface area contributed by atoms with Gasteiger partial charge in [-0.05, 0) is 29.3 Å². The van der Waals surface area contributed by atoms with Gasteiger partial charge >= 0.3 is 0 Å². The van der Waals surface area contributed by atoms with Gasteiger partial charge in [-0.25, -0.2) is 0 Å². The number of anilines is 2. The fourth-order valence-electron chi connectivity index (χ4n) is 5.44. The van der Waals surface area contributed by atoms with E-state index >= 15 is 0 Å². The molecule has 5 rings (SSSR count). The number of piperazine rings is 2. The second-order valence-electron chi connectivity index (χ2n) is 9.92. The normalized spacial score (nSPS) is 16.5. The van der Waals surface area contributed by atoms with Gasteiger partial charge in [-0.2, -0.15) is 0 Å². The molecule has 0 spiro atoms. The summed E-state index contributed by atoms with van der Waals surface area (Å²) in [6.07, 6.45) is 0.388. The summed E-state index contributed by atoms with van der Waals surface area (Å²) in [6, 6.07) is 27.3. The molecular weight excluding hydrogens is 474 g/mol. The maximum Gasteiger partial charge on any atom is 0.254 e. The standard InChI is InChI=1S/C31H37N5O2/c1-2-29(37)33-27-23-26(31(38)36-17-15-32-16-18-36)13-14-28(27)34-19-21-35(22-20-34)30(24-9-5-3-6-10-24)25-11-7-4-8-12-25/h3-14,23,30,32H,2,15-22H2,1H3,(H,33,37). The van der Waals surface area contributed by atoms with E-state index in [1.807, 2.05) is 30.0 Å². The molecule has 38 heavy (non-hydrogen) atoms. The summed E-state index contributed by atoms with van der Waals surface area (Å²) in [4.78, 5) is 32.3. The molecule has 3 aromatic rings. The van der Waals surface area contributed by atoms with E-state index in [0.29, 0.717) is 30.8 Å². The molecule has 2 fully saturated rings. The van der Waals surface area contributed by atoms with Gasteiger partial charge in [0, 0.05) is 64.3 Å². The summed E-state index contributed by atoms with van der Waals surface area (Å²) < 4.78 is 0. The molecule has 3 aromatic carbocycles. The molecule has 198 valence electrons. The molecule has 2 aliphatic rings. The van der Waals surface area contributed by atoms with Crippen LogP contribution >= 0.6 is 0 Å². The summed E-state index contributed by atoms with van der Waals surface area (Å²) in [5, 5.41) is 6.35. The minimum absolute atomic E-state index is 0.0171. The van der Waals surface area contributed by atoms with Crippen molar-refractivity contribution < 1.29 is 9.59 Å². The molecule has 2 aliphatic heterocycles. The van der Waals surface area contributed by atoms with Crippen LogP contribution in [0.15, 0.2) is 78.9 Å². The third kappa shape index (κ3) is 5.90. The van der Waals surface area contributed by atoms with E-state index in [9.17, 15) is 9.59 Å². The van der Waals surface area contributed by atoms with Gasteiger partial charge in [-0.15, -0.1) is 0 Å². The predicted octanol–water partition coefficient (Wildman–Crippen LogP) is 3.99. The number of benzene rings is 3. The minimum atomic E-state index is -0.0510. The topological polar surface area (TPSA) is 67.9 Å². The van der Waals surface area contributed by atoms with E-state index in [2.05, 4.69) is 81.1 Å². The quantitative estimate of drug-likeness (QED) is 0.502. The molecule has 0 bridgehead atoms. The molecule has 7 heteroatoms. The van der Waals surface area contributed by atoms with Crippen LogP contribution in [0.3, 0.4) is 0 Å². The maximum atomic E-state index is 13.1. The lowest BCUT2D eigenvalue weighted by atomic mass is 9.96. The first-order valence-corrected chi connectivity index (χ1v) is 13.7. The molecule has 0 aromatic heterocycles. The summed E-state index contributed by atoms with van der Waals surface area (Å²) in [6.45, 7) is 8.28. The van der Waals surface area contributed by atoms with Crippen LogP contribution in [0.5, 0.6) is 0 Å². The summed E-state index contributed by atoms with van der Waals surface area (Å²) in [5.41, 5.74) is 4.89. The highest BCUT2D eigenvalue weighted by Gasteiger charge is 2.28. The number of carbonyl (C=O) groups excluding carboxylic acids is 2. The zero-order valence-electron chi connectivity index (χ0n) is 22.1. The Kier molecular flexibility index (Phi) is 8.36. The lowest BCUT2D eigenvalue weighted by molar-refractivity contribution is -0.115. The maximum absolute atomic E-state index is 13.1. The number of rotatable bonds is 7. The Morgan fingerprint density at radius 2 is 1.42 bits per heavy atom. The van der Waals surface area contributed by atoms with Gasteiger partial charge in [0.25, 0.3) is 5.91 Å². The molecule has 2 heterocycles. The van der Waals surface area contributed by atoms with E-state index in [-0.39, 0.29) is 17.9 Å². The highest BCUT2D eigenvalue weighted by Crippen LogP contribution is 2.33. The highest BCUT2D eigenvalue weighted by molar-refractivity contribution is 6.00. The Hall–Kier alpha value is -3.68. The van der Waals surface area contributed by atoms with Crippen LogP contribution in [-0.2, 0) is 4.79 Å². The van der Waals surface area contributed by atoms with Crippen molar-refractivity contribution in [2.45, 2.75) is 19.4 Å².